The third kappa shape index (κ3) is 4.77. The number of anilines is 1. The van der Waals surface area contributed by atoms with Crippen LogP contribution >= 0.6 is 22.9 Å². The normalized spacial score (nSPS) is 18.9. The van der Waals surface area contributed by atoms with Crippen LogP contribution in [0.2, 0.25) is 5.02 Å². The molecule has 1 aromatic carbocycles. The lowest BCUT2D eigenvalue weighted by atomic mass is 9.98. The number of hydrogen-bond acceptors (Lipinski definition) is 6. The topological polar surface area (TPSA) is 111 Å². The summed E-state index contributed by atoms with van der Waals surface area (Å²) in [5.41, 5.74) is 1.32. The van der Waals surface area contributed by atoms with E-state index in [-0.39, 0.29) is 23.3 Å². The van der Waals surface area contributed by atoms with Gasteiger partial charge in [0, 0.05) is 36.5 Å². The first-order chi connectivity index (χ1) is 15.7. The molecule has 11 heteroatoms. The van der Waals surface area contributed by atoms with E-state index in [4.69, 9.17) is 11.6 Å². The van der Waals surface area contributed by atoms with Crippen LogP contribution in [0.5, 0.6) is 0 Å². The standard InChI is InChI=1S/C22H23ClN4O4S2/c1-14(28)26-10-8-18-19(11-24)22(32-20(18)13-26)25-21(29)15-3-2-9-27(12-15)33(30,31)17-6-4-16(23)5-7-17/h4-7,15H,2-3,8-10,12-13H2,1H3,(H,25,29). The van der Waals surface area contributed by atoms with Crippen LogP contribution in [0.15, 0.2) is 29.2 Å². The van der Waals surface area contributed by atoms with Crippen LogP contribution in [-0.2, 0) is 32.6 Å². The van der Waals surface area contributed by atoms with E-state index in [0.717, 1.165) is 10.4 Å². The lowest BCUT2D eigenvalue weighted by Gasteiger charge is -2.31. The second-order valence-corrected chi connectivity index (χ2v) is 11.6. The predicted molar refractivity (Wildman–Crippen MR) is 125 cm³/mol. The van der Waals surface area contributed by atoms with E-state index in [1.54, 1.807) is 4.90 Å². The van der Waals surface area contributed by atoms with Crippen LogP contribution in [-0.4, -0.2) is 49.1 Å². The van der Waals surface area contributed by atoms with E-state index in [1.165, 1.54) is 46.8 Å². The molecular formula is C22H23ClN4O4S2. The van der Waals surface area contributed by atoms with E-state index < -0.39 is 15.9 Å². The molecule has 1 N–H and O–H groups in total. The van der Waals surface area contributed by atoms with Crippen LogP contribution < -0.4 is 5.32 Å². The van der Waals surface area contributed by atoms with Gasteiger partial charge in [0.25, 0.3) is 0 Å². The maximum Gasteiger partial charge on any atom is 0.243 e. The number of nitrogens with one attached hydrogen (secondary N) is 1. The molecule has 1 saturated heterocycles. The fraction of sp³-hybridized carbons (Fsp3) is 0.409. The number of nitrogens with zero attached hydrogens (tertiary/aromatic N) is 3. The molecule has 2 aliphatic heterocycles. The molecule has 2 aliphatic rings. The number of carbonyl (C=O) groups excluding carboxylic acids is 2. The van der Waals surface area contributed by atoms with Gasteiger partial charge in [-0.2, -0.15) is 9.57 Å². The lowest BCUT2D eigenvalue weighted by Crippen LogP contribution is -2.43. The van der Waals surface area contributed by atoms with Crippen molar-refractivity contribution in [3.05, 3.63) is 45.3 Å². The fourth-order valence-electron chi connectivity index (χ4n) is 4.22. The number of sulfonamides is 1. The molecule has 0 aliphatic carbocycles. The second-order valence-electron chi connectivity index (χ2n) is 8.16. The Bertz CT molecular complexity index is 1230. The number of hydrogen-bond donors (Lipinski definition) is 1. The van der Waals surface area contributed by atoms with Crippen molar-refractivity contribution in [1.82, 2.24) is 9.21 Å². The molecule has 4 rings (SSSR count). The quantitative estimate of drug-likeness (QED) is 0.684. The summed E-state index contributed by atoms with van der Waals surface area (Å²) in [6.07, 6.45) is 1.69. The number of piperidine rings is 1. The average Bonchev–Trinajstić information content (AvgIpc) is 3.15. The predicted octanol–water partition coefficient (Wildman–Crippen LogP) is 3.22. The van der Waals surface area contributed by atoms with E-state index in [9.17, 15) is 23.3 Å². The van der Waals surface area contributed by atoms with Gasteiger partial charge >= 0.3 is 0 Å². The summed E-state index contributed by atoms with van der Waals surface area (Å²) in [5, 5.41) is 13.5. The smallest absolute Gasteiger partial charge is 0.243 e. The molecule has 1 unspecified atom stereocenters. The van der Waals surface area contributed by atoms with Crippen molar-refractivity contribution in [2.24, 2.45) is 5.92 Å². The monoisotopic (exact) mass is 506 g/mol. The lowest BCUT2D eigenvalue weighted by molar-refractivity contribution is -0.129. The van der Waals surface area contributed by atoms with Gasteiger partial charge in [-0.3, -0.25) is 9.59 Å². The average molecular weight is 507 g/mol. The molecule has 2 amide bonds. The first kappa shape index (κ1) is 23.7. The molecule has 174 valence electrons. The first-order valence-electron chi connectivity index (χ1n) is 10.6. The van der Waals surface area contributed by atoms with Crippen molar-refractivity contribution < 1.29 is 18.0 Å². The number of carbonyl (C=O) groups is 2. The molecule has 0 saturated carbocycles. The highest BCUT2D eigenvalue weighted by Crippen LogP contribution is 2.37. The minimum atomic E-state index is -3.74. The summed E-state index contributed by atoms with van der Waals surface area (Å²) in [5.74, 6) is -0.855. The van der Waals surface area contributed by atoms with Crippen LogP contribution in [0.1, 0.15) is 35.8 Å². The van der Waals surface area contributed by atoms with Gasteiger partial charge in [0.2, 0.25) is 21.8 Å². The molecular weight excluding hydrogens is 484 g/mol. The summed E-state index contributed by atoms with van der Waals surface area (Å²) >= 11 is 7.18. The Morgan fingerprint density at radius 2 is 1.97 bits per heavy atom. The van der Waals surface area contributed by atoms with Crippen molar-refractivity contribution in [3.8, 4) is 6.07 Å². The Kier molecular flexibility index (Phi) is 6.77. The second kappa shape index (κ2) is 9.43. The highest BCUT2D eigenvalue weighted by atomic mass is 35.5. The molecule has 1 fully saturated rings. The van der Waals surface area contributed by atoms with E-state index in [0.29, 0.717) is 54.5 Å². The Hall–Kier alpha value is -2.45. The first-order valence-corrected chi connectivity index (χ1v) is 13.2. The van der Waals surface area contributed by atoms with Gasteiger partial charge in [-0.1, -0.05) is 11.6 Å². The van der Waals surface area contributed by atoms with Gasteiger partial charge in [0.15, 0.2) is 0 Å². The zero-order valence-corrected chi connectivity index (χ0v) is 20.4. The number of amides is 2. The highest BCUT2D eigenvalue weighted by molar-refractivity contribution is 7.89. The molecule has 0 spiro atoms. The largest absolute Gasteiger partial charge is 0.337 e. The Morgan fingerprint density at radius 3 is 2.64 bits per heavy atom. The molecule has 8 nitrogen and oxygen atoms in total. The third-order valence-electron chi connectivity index (χ3n) is 6.06. The van der Waals surface area contributed by atoms with E-state index in [1.807, 2.05) is 0 Å². The van der Waals surface area contributed by atoms with Crippen LogP contribution in [0.3, 0.4) is 0 Å². The summed E-state index contributed by atoms with van der Waals surface area (Å²) in [6.45, 7) is 2.89. The number of rotatable bonds is 4. The molecule has 1 atom stereocenters. The van der Waals surface area contributed by atoms with Crippen molar-refractivity contribution in [1.29, 1.82) is 5.26 Å². The summed E-state index contributed by atoms with van der Waals surface area (Å²) in [7, 11) is -3.74. The molecule has 2 aromatic rings. The maximum atomic E-state index is 13.1. The summed E-state index contributed by atoms with van der Waals surface area (Å²) in [6, 6.07) is 8.16. The Morgan fingerprint density at radius 1 is 1.24 bits per heavy atom. The summed E-state index contributed by atoms with van der Waals surface area (Å²) < 4.78 is 27.4. The fourth-order valence-corrected chi connectivity index (χ4v) is 7.09. The minimum absolute atomic E-state index is 0.0256. The van der Waals surface area contributed by atoms with Gasteiger partial charge in [0.05, 0.1) is 22.9 Å². The molecule has 1 aromatic heterocycles. The Labute approximate surface area is 201 Å². The third-order valence-corrected chi connectivity index (χ3v) is 9.32. The number of thiophene rings is 1. The van der Waals surface area contributed by atoms with Gasteiger partial charge in [-0.05, 0) is 49.1 Å². The number of fused-ring (bicyclic) bond motifs is 1. The zero-order chi connectivity index (χ0) is 23.8. The Balaban J connectivity index is 1.50. The number of halogens is 1. The van der Waals surface area contributed by atoms with Crippen LogP contribution in [0.4, 0.5) is 5.00 Å². The molecule has 0 radical (unpaired) electrons. The van der Waals surface area contributed by atoms with Crippen molar-refractivity contribution >= 4 is 49.8 Å². The van der Waals surface area contributed by atoms with Gasteiger partial charge in [-0.15, -0.1) is 11.3 Å². The van der Waals surface area contributed by atoms with Gasteiger partial charge in [0.1, 0.15) is 11.1 Å². The van der Waals surface area contributed by atoms with Crippen molar-refractivity contribution in [3.63, 3.8) is 0 Å². The van der Waals surface area contributed by atoms with Crippen LogP contribution in [0, 0.1) is 17.2 Å². The van der Waals surface area contributed by atoms with Gasteiger partial charge < -0.3 is 10.2 Å². The maximum absolute atomic E-state index is 13.1. The van der Waals surface area contributed by atoms with Crippen LogP contribution in [0.25, 0.3) is 0 Å². The number of benzene rings is 1. The molecule has 33 heavy (non-hydrogen) atoms. The SMILES string of the molecule is CC(=O)N1CCc2c(sc(NC(=O)C3CCCN(S(=O)(=O)c4ccc(Cl)cc4)C3)c2C#N)C1. The summed E-state index contributed by atoms with van der Waals surface area (Å²) in [4.78, 5) is 27.5. The highest BCUT2D eigenvalue weighted by Gasteiger charge is 2.34. The molecule has 0 bridgehead atoms. The molecule has 3 heterocycles. The number of nitriles is 1. The zero-order valence-electron chi connectivity index (χ0n) is 18.0. The van der Waals surface area contributed by atoms with Crippen molar-refractivity contribution in [2.75, 3.05) is 25.0 Å². The minimum Gasteiger partial charge on any atom is -0.337 e. The van der Waals surface area contributed by atoms with E-state index >= 15 is 0 Å². The van der Waals surface area contributed by atoms with Crippen molar-refractivity contribution in [2.45, 2.75) is 37.6 Å². The van der Waals surface area contributed by atoms with Gasteiger partial charge in [-0.25, -0.2) is 8.42 Å². The van der Waals surface area contributed by atoms with E-state index in [2.05, 4.69) is 11.4 Å².